The smallest absolute Gasteiger partial charge is 0.161 e. The predicted molar refractivity (Wildman–Crippen MR) is 65.2 cm³/mol. The second-order valence-corrected chi connectivity index (χ2v) is 4.59. The highest BCUT2D eigenvalue weighted by atomic mass is 35.5. The van der Waals surface area contributed by atoms with Gasteiger partial charge in [-0.2, -0.15) is 0 Å². The van der Waals surface area contributed by atoms with E-state index in [2.05, 4.69) is 23.8 Å². The number of aromatic amines is 1. The summed E-state index contributed by atoms with van der Waals surface area (Å²) in [5.41, 5.74) is 2.19. The van der Waals surface area contributed by atoms with E-state index in [0.717, 1.165) is 16.9 Å². The minimum atomic E-state index is -0.0407. The van der Waals surface area contributed by atoms with Crippen LogP contribution in [0.1, 0.15) is 42.9 Å². The molecule has 0 amide bonds. The minimum absolute atomic E-state index is 0.0407. The van der Waals surface area contributed by atoms with E-state index in [1.165, 1.54) is 6.92 Å². The highest BCUT2D eigenvalue weighted by Crippen LogP contribution is 2.24. The van der Waals surface area contributed by atoms with Crippen LogP contribution >= 0.6 is 11.6 Å². The van der Waals surface area contributed by atoms with E-state index in [1.807, 2.05) is 0 Å². The minimum Gasteiger partial charge on any atom is -0.342 e. The average Bonchev–Trinajstić information content (AvgIpc) is 2.58. The lowest BCUT2D eigenvalue weighted by atomic mass is 10.1. The summed E-state index contributed by atoms with van der Waals surface area (Å²) < 4.78 is 0. The number of carbonyl (C=O) groups is 1. The number of rotatable bonds is 2. The fraction of sp³-hybridized carbons (Fsp3) is 0.333. The number of nitrogens with zero attached hydrogens (tertiary/aromatic N) is 1. The Labute approximate surface area is 98.8 Å². The van der Waals surface area contributed by atoms with Crippen LogP contribution in [-0.4, -0.2) is 15.8 Å². The lowest BCUT2D eigenvalue weighted by Crippen LogP contribution is -1.92. The van der Waals surface area contributed by atoms with Crippen molar-refractivity contribution in [2.24, 2.45) is 0 Å². The molecule has 2 aromatic rings. The molecule has 84 valence electrons. The first-order valence-corrected chi connectivity index (χ1v) is 5.57. The number of hydrogen-bond acceptors (Lipinski definition) is 2. The summed E-state index contributed by atoms with van der Waals surface area (Å²) in [5, 5.41) is 0.471. The van der Waals surface area contributed by atoms with Crippen LogP contribution < -0.4 is 0 Å². The lowest BCUT2D eigenvalue weighted by molar-refractivity contribution is 0.101. The highest BCUT2D eigenvalue weighted by molar-refractivity contribution is 6.34. The molecule has 1 heterocycles. The third-order valence-electron chi connectivity index (χ3n) is 2.52. The first-order chi connectivity index (χ1) is 7.49. The highest BCUT2D eigenvalue weighted by Gasteiger charge is 2.11. The Balaban J connectivity index is 2.65. The molecular weight excluding hydrogens is 224 g/mol. The molecule has 3 nitrogen and oxygen atoms in total. The number of imidazole rings is 1. The molecule has 0 saturated carbocycles. The molecule has 0 spiro atoms. The molecule has 1 aromatic carbocycles. The van der Waals surface area contributed by atoms with Gasteiger partial charge in [0.2, 0.25) is 0 Å². The van der Waals surface area contributed by atoms with Gasteiger partial charge in [-0.3, -0.25) is 4.79 Å². The maximum atomic E-state index is 11.3. The van der Waals surface area contributed by atoms with Crippen molar-refractivity contribution in [2.45, 2.75) is 26.7 Å². The van der Waals surface area contributed by atoms with E-state index in [4.69, 9.17) is 11.6 Å². The van der Waals surface area contributed by atoms with E-state index in [-0.39, 0.29) is 5.78 Å². The van der Waals surface area contributed by atoms with Crippen molar-refractivity contribution >= 4 is 28.4 Å². The first-order valence-electron chi connectivity index (χ1n) is 5.19. The van der Waals surface area contributed by atoms with Crippen LogP contribution in [0.3, 0.4) is 0 Å². The molecule has 0 bridgehead atoms. The first kappa shape index (κ1) is 11.1. The van der Waals surface area contributed by atoms with Gasteiger partial charge in [-0.1, -0.05) is 25.4 Å². The van der Waals surface area contributed by atoms with E-state index in [9.17, 15) is 4.79 Å². The standard InChI is InChI=1S/C12H13ClN2O/c1-6(2)12-14-10-4-8(7(3)16)9(13)5-11(10)15-12/h4-6H,1-3H3,(H,14,15). The zero-order valence-corrected chi connectivity index (χ0v) is 10.2. The number of nitrogens with one attached hydrogen (secondary N) is 1. The van der Waals surface area contributed by atoms with E-state index < -0.39 is 0 Å². The maximum absolute atomic E-state index is 11.3. The molecule has 0 fully saturated rings. The Hall–Kier alpha value is -1.35. The Bertz CT molecular complexity index is 557. The third-order valence-corrected chi connectivity index (χ3v) is 2.83. The van der Waals surface area contributed by atoms with Gasteiger partial charge in [0.05, 0.1) is 16.1 Å². The van der Waals surface area contributed by atoms with Gasteiger partial charge in [0, 0.05) is 11.5 Å². The maximum Gasteiger partial charge on any atom is 0.161 e. The summed E-state index contributed by atoms with van der Waals surface area (Å²) in [7, 11) is 0. The Morgan fingerprint density at radius 3 is 2.69 bits per heavy atom. The molecule has 0 aliphatic rings. The molecule has 1 N–H and O–H groups in total. The van der Waals surface area contributed by atoms with Crippen LogP contribution in [0.25, 0.3) is 11.0 Å². The Kier molecular flexibility index (Phi) is 2.72. The summed E-state index contributed by atoms with van der Waals surface area (Å²) >= 11 is 6.02. The van der Waals surface area contributed by atoms with Crippen LogP contribution in [0.4, 0.5) is 0 Å². The van der Waals surface area contributed by atoms with Gasteiger partial charge >= 0.3 is 0 Å². The average molecular weight is 237 g/mol. The molecule has 1 aromatic heterocycles. The topological polar surface area (TPSA) is 45.8 Å². The molecule has 4 heteroatoms. The number of Topliss-reactive ketones (excluding diaryl/α,β-unsaturated/α-hetero) is 1. The summed E-state index contributed by atoms with van der Waals surface area (Å²) in [6.07, 6.45) is 0. The lowest BCUT2D eigenvalue weighted by Gasteiger charge is -1.98. The Morgan fingerprint density at radius 2 is 2.12 bits per heavy atom. The molecular formula is C12H13ClN2O. The zero-order valence-electron chi connectivity index (χ0n) is 9.47. The van der Waals surface area contributed by atoms with Gasteiger partial charge in [0.25, 0.3) is 0 Å². The molecule has 0 atom stereocenters. The van der Waals surface area contributed by atoms with Gasteiger partial charge in [-0.25, -0.2) is 4.98 Å². The molecule has 0 unspecified atom stereocenters. The monoisotopic (exact) mass is 236 g/mol. The number of aromatic nitrogens is 2. The van der Waals surface area contributed by atoms with Crippen LogP contribution in [-0.2, 0) is 0 Å². The number of halogens is 1. The van der Waals surface area contributed by atoms with Crippen LogP contribution in [0.2, 0.25) is 5.02 Å². The molecule has 2 rings (SSSR count). The fourth-order valence-electron chi connectivity index (χ4n) is 1.59. The Morgan fingerprint density at radius 1 is 1.44 bits per heavy atom. The zero-order chi connectivity index (χ0) is 11.9. The molecule has 16 heavy (non-hydrogen) atoms. The van der Waals surface area contributed by atoms with Crippen LogP contribution in [0, 0.1) is 0 Å². The van der Waals surface area contributed by atoms with Gasteiger partial charge < -0.3 is 4.98 Å². The second kappa shape index (κ2) is 3.91. The van der Waals surface area contributed by atoms with Gasteiger partial charge in [0.1, 0.15) is 5.82 Å². The number of ketones is 1. The van der Waals surface area contributed by atoms with Crippen LogP contribution in [0.15, 0.2) is 12.1 Å². The molecule has 0 aliphatic carbocycles. The summed E-state index contributed by atoms with van der Waals surface area (Å²) in [4.78, 5) is 19.0. The third kappa shape index (κ3) is 1.83. The van der Waals surface area contributed by atoms with Gasteiger partial charge in [-0.15, -0.1) is 0 Å². The molecule has 0 aliphatic heterocycles. The molecule has 0 saturated heterocycles. The number of H-pyrrole nitrogens is 1. The molecule has 0 radical (unpaired) electrons. The van der Waals surface area contributed by atoms with Crippen molar-refractivity contribution in [3.8, 4) is 0 Å². The second-order valence-electron chi connectivity index (χ2n) is 4.18. The van der Waals surface area contributed by atoms with E-state index >= 15 is 0 Å². The van der Waals surface area contributed by atoms with E-state index in [1.54, 1.807) is 12.1 Å². The number of fused-ring (bicyclic) bond motifs is 1. The van der Waals surface area contributed by atoms with Crippen LogP contribution in [0.5, 0.6) is 0 Å². The predicted octanol–water partition coefficient (Wildman–Crippen LogP) is 3.54. The normalized spacial score (nSPS) is 11.3. The number of hydrogen-bond donors (Lipinski definition) is 1. The van der Waals surface area contributed by atoms with E-state index in [0.29, 0.717) is 16.5 Å². The SMILES string of the molecule is CC(=O)c1cc2nc(C(C)C)[nH]c2cc1Cl. The van der Waals surface area contributed by atoms with Crippen molar-refractivity contribution in [1.82, 2.24) is 9.97 Å². The quantitative estimate of drug-likeness (QED) is 0.811. The van der Waals surface area contributed by atoms with Gasteiger partial charge in [0.15, 0.2) is 5.78 Å². The summed E-state index contributed by atoms with van der Waals surface area (Å²) in [6, 6.07) is 3.49. The van der Waals surface area contributed by atoms with Crippen molar-refractivity contribution in [1.29, 1.82) is 0 Å². The summed E-state index contributed by atoms with van der Waals surface area (Å²) in [5.74, 6) is 1.19. The summed E-state index contributed by atoms with van der Waals surface area (Å²) in [6.45, 7) is 5.62. The number of benzene rings is 1. The largest absolute Gasteiger partial charge is 0.342 e. The van der Waals surface area contributed by atoms with Crippen molar-refractivity contribution in [3.05, 3.63) is 28.5 Å². The van der Waals surface area contributed by atoms with Crippen molar-refractivity contribution < 1.29 is 4.79 Å². The number of carbonyl (C=O) groups excluding carboxylic acids is 1. The van der Waals surface area contributed by atoms with Crippen molar-refractivity contribution in [2.75, 3.05) is 0 Å². The van der Waals surface area contributed by atoms with Crippen molar-refractivity contribution in [3.63, 3.8) is 0 Å². The fourth-order valence-corrected chi connectivity index (χ4v) is 1.89. The van der Waals surface area contributed by atoms with Gasteiger partial charge in [-0.05, 0) is 19.1 Å².